The Morgan fingerprint density at radius 3 is 1.95 bits per heavy atom. The Balaban J connectivity index is 0.00000380. The molecule has 0 radical (unpaired) electrons. The van der Waals surface area contributed by atoms with E-state index in [2.05, 4.69) is 0 Å². The van der Waals surface area contributed by atoms with Crippen LogP contribution in [0.3, 0.4) is 0 Å². The molecule has 1 heterocycles. The maximum absolute atomic E-state index is 13.8. The molecule has 0 saturated heterocycles. The fourth-order valence-corrected chi connectivity index (χ4v) is 4.26. The molecule has 3 aromatic carbocycles. The van der Waals surface area contributed by atoms with E-state index in [-0.39, 0.29) is 35.0 Å². The SMILES string of the molecule is COC(=O)c1c(-c2cc(OC)c(C)c(OC)c2)c2cc(OC)c(O)cc2c(=O)n1-c1ccc(N)cc1.Cl. The van der Waals surface area contributed by atoms with Crippen molar-refractivity contribution in [2.75, 3.05) is 34.2 Å². The number of anilines is 1. The lowest BCUT2D eigenvalue weighted by molar-refractivity contribution is 0.0591. The van der Waals surface area contributed by atoms with E-state index in [0.717, 1.165) is 5.56 Å². The zero-order valence-electron chi connectivity index (χ0n) is 20.9. The molecule has 1 aromatic heterocycles. The number of benzene rings is 3. The summed E-state index contributed by atoms with van der Waals surface area (Å²) in [5, 5.41) is 11.0. The van der Waals surface area contributed by atoms with Crippen LogP contribution in [0.5, 0.6) is 23.0 Å². The minimum atomic E-state index is -0.744. The monoisotopic (exact) mass is 526 g/mol. The average Bonchev–Trinajstić information content (AvgIpc) is 2.89. The maximum atomic E-state index is 13.8. The molecule has 0 unspecified atom stereocenters. The molecule has 0 spiro atoms. The van der Waals surface area contributed by atoms with Gasteiger partial charge >= 0.3 is 5.97 Å². The van der Waals surface area contributed by atoms with Crippen molar-refractivity contribution in [1.82, 2.24) is 4.57 Å². The summed E-state index contributed by atoms with van der Waals surface area (Å²) in [5.74, 6) is 0.206. The van der Waals surface area contributed by atoms with Gasteiger partial charge in [-0.05, 0) is 61.0 Å². The number of fused-ring (bicyclic) bond motifs is 1. The van der Waals surface area contributed by atoms with Crippen molar-refractivity contribution in [3.63, 3.8) is 0 Å². The predicted octanol–water partition coefficient (Wildman–Crippen LogP) is 4.49. The van der Waals surface area contributed by atoms with Gasteiger partial charge in [-0.1, -0.05) is 0 Å². The molecule has 10 heteroatoms. The summed E-state index contributed by atoms with van der Waals surface area (Å²) >= 11 is 0. The molecule has 0 atom stereocenters. The van der Waals surface area contributed by atoms with Gasteiger partial charge in [0.2, 0.25) is 0 Å². The number of hydrogen-bond acceptors (Lipinski definition) is 8. The Labute approximate surface area is 219 Å². The van der Waals surface area contributed by atoms with Gasteiger partial charge in [-0.15, -0.1) is 12.4 Å². The van der Waals surface area contributed by atoms with Gasteiger partial charge in [0.1, 0.15) is 17.2 Å². The number of nitrogens with two attached hydrogens (primary N) is 1. The number of methoxy groups -OCH3 is 4. The van der Waals surface area contributed by atoms with E-state index in [1.807, 2.05) is 6.92 Å². The molecular formula is C27H27ClN2O7. The quantitative estimate of drug-likeness (QED) is 0.278. The Morgan fingerprint density at radius 1 is 0.865 bits per heavy atom. The number of phenolic OH excluding ortho intramolecular Hbond substituents is 1. The van der Waals surface area contributed by atoms with E-state index in [4.69, 9.17) is 24.7 Å². The first-order chi connectivity index (χ1) is 17.2. The molecular weight excluding hydrogens is 500 g/mol. The highest BCUT2D eigenvalue weighted by Crippen LogP contribution is 2.41. The highest BCUT2D eigenvalue weighted by molar-refractivity contribution is 6.08. The van der Waals surface area contributed by atoms with Crippen molar-refractivity contribution in [3.05, 3.63) is 70.1 Å². The molecule has 0 aliphatic rings. The first kappa shape index (κ1) is 27.2. The number of nitrogen functional groups attached to an aromatic ring is 1. The molecule has 0 aliphatic heterocycles. The summed E-state index contributed by atoms with van der Waals surface area (Å²) < 4.78 is 22.8. The molecule has 3 N–H and O–H groups in total. The number of halogens is 1. The van der Waals surface area contributed by atoms with Crippen molar-refractivity contribution in [3.8, 4) is 39.8 Å². The van der Waals surface area contributed by atoms with Crippen molar-refractivity contribution in [2.45, 2.75) is 6.92 Å². The Morgan fingerprint density at radius 2 is 1.43 bits per heavy atom. The first-order valence-corrected chi connectivity index (χ1v) is 10.9. The fraction of sp³-hybridized carbons (Fsp3) is 0.185. The second-order valence-electron chi connectivity index (χ2n) is 8.02. The van der Waals surface area contributed by atoms with Gasteiger partial charge in [-0.25, -0.2) is 4.79 Å². The number of pyridine rings is 1. The molecule has 4 rings (SSSR count). The molecule has 0 saturated carbocycles. The maximum Gasteiger partial charge on any atom is 0.355 e. The van der Waals surface area contributed by atoms with Crippen LogP contribution in [0.1, 0.15) is 16.1 Å². The molecule has 0 amide bonds. The lowest BCUT2D eigenvalue weighted by atomic mass is 9.94. The number of nitrogens with zero attached hydrogens (tertiary/aromatic N) is 1. The summed E-state index contributed by atoms with van der Waals surface area (Å²) in [6, 6.07) is 12.8. The number of aromatic hydroxyl groups is 1. The van der Waals surface area contributed by atoms with Crippen LogP contribution in [0, 0.1) is 6.92 Å². The third-order valence-corrected chi connectivity index (χ3v) is 6.05. The molecule has 37 heavy (non-hydrogen) atoms. The summed E-state index contributed by atoms with van der Waals surface area (Å²) in [6.07, 6.45) is 0. The molecule has 0 aliphatic carbocycles. The molecule has 9 nitrogen and oxygen atoms in total. The van der Waals surface area contributed by atoms with Gasteiger partial charge in [-0.3, -0.25) is 9.36 Å². The summed E-state index contributed by atoms with van der Waals surface area (Å²) in [6.45, 7) is 1.84. The molecule has 4 aromatic rings. The van der Waals surface area contributed by atoms with Crippen molar-refractivity contribution < 1.29 is 28.8 Å². The lowest BCUT2D eigenvalue weighted by Crippen LogP contribution is -2.27. The number of hydrogen-bond donors (Lipinski definition) is 2. The van der Waals surface area contributed by atoms with Gasteiger partial charge in [0.05, 0.1) is 33.8 Å². The predicted molar refractivity (Wildman–Crippen MR) is 144 cm³/mol. The largest absolute Gasteiger partial charge is 0.504 e. The minimum absolute atomic E-state index is 0. The third-order valence-electron chi connectivity index (χ3n) is 6.05. The minimum Gasteiger partial charge on any atom is -0.504 e. The fourth-order valence-electron chi connectivity index (χ4n) is 4.26. The summed E-state index contributed by atoms with van der Waals surface area (Å²) in [7, 11) is 5.69. The smallest absolute Gasteiger partial charge is 0.355 e. The lowest BCUT2D eigenvalue weighted by Gasteiger charge is -2.21. The van der Waals surface area contributed by atoms with Gasteiger partial charge in [0.25, 0.3) is 5.56 Å². The van der Waals surface area contributed by atoms with E-state index >= 15 is 0 Å². The number of carbonyl (C=O) groups excluding carboxylic acids is 1. The normalized spacial score (nSPS) is 10.5. The third kappa shape index (κ3) is 4.61. The summed E-state index contributed by atoms with van der Waals surface area (Å²) in [4.78, 5) is 27.1. The molecule has 0 fully saturated rings. The van der Waals surface area contributed by atoms with Crippen molar-refractivity contribution in [1.29, 1.82) is 0 Å². The van der Waals surface area contributed by atoms with Gasteiger partial charge in [0.15, 0.2) is 11.5 Å². The Hall–Kier alpha value is -4.37. The van der Waals surface area contributed by atoms with E-state index in [1.54, 1.807) is 36.4 Å². The van der Waals surface area contributed by atoms with E-state index in [1.165, 1.54) is 45.1 Å². The number of esters is 1. The molecule has 194 valence electrons. The summed E-state index contributed by atoms with van der Waals surface area (Å²) in [5.41, 5.74) is 7.81. The Kier molecular flexibility index (Phi) is 7.88. The van der Waals surface area contributed by atoms with Gasteiger partial charge < -0.3 is 29.8 Å². The van der Waals surface area contributed by atoms with Crippen LogP contribution in [0.15, 0.2) is 53.3 Å². The van der Waals surface area contributed by atoms with E-state index in [0.29, 0.717) is 39.4 Å². The van der Waals surface area contributed by atoms with Crippen molar-refractivity contribution in [2.24, 2.45) is 0 Å². The van der Waals surface area contributed by atoms with Gasteiger partial charge in [-0.2, -0.15) is 0 Å². The molecule has 0 bridgehead atoms. The topological polar surface area (TPSA) is 122 Å². The zero-order chi connectivity index (χ0) is 26.1. The average molecular weight is 527 g/mol. The zero-order valence-corrected chi connectivity index (χ0v) is 21.8. The van der Waals surface area contributed by atoms with Gasteiger partial charge in [0, 0.05) is 27.9 Å². The van der Waals surface area contributed by atoms with Crippen LogP contribution in [0.25, 0.3) is 27.6 Å². The standard InChI is InChI=1S/C27H26N2O7.ClH/c1-14-21(33-2)10-15(11-22(14)34-3)24-18-13-23(35-4)20(30)12-19(18)26(31)29(25(24)27(32)36-5)17-8-6-16(28)7-9-17;/h6-13,30H,28H2,1-5H3;1H. The number of phenols is 1. The van der Waals surface area contributed by atoms with E-state index < -0.39 is 11.5 Å². The van der Waals surface area contributed by atoms with Crippen molar-refractivity contribution >= 4 is 34.8 Å². The number of carbonyl (C=O) groups is 1. The second-order valence-corrected chi connectivity index (χ2v) is 8.02. The van der Waals surface area contributed by atoms with Crippen LogP contribution < -0.4 is 25.5 Å². The van der Waals surface area contributed by atoms with Crippen LogP contribution in [-0.4, -0.2) is 44.1 Å². The number of rotatable bonds is 6. The van der Waals surface area contributed by atoms with Crippen LogP contribution in [0.4, 0.5) is 5.69 Å². The Bertz CT molecular complexity index is 1520. The second kappa shape index (κ2) is 10.7. The van der Waals surface area contributed by atoms with Crippen LogP contribution in [-0.2, 0) is 4.74 Å². The van der Waals surface area contributed by atoms with E-state index in [9.17, 15) is 14.7 Å². The first-order valence-electron chi connectivity index (χ1n) is 10.9. The number of ether oxygens (including phenoxy) is 4. The van der Waals surface area contributed by atoms with Crippen LogP contribution in [0.2, 0.25) is 0 Å². The number of aromatic nitrogens is 1. The highest BCUT2D eigenvalue weighted by atomic mass is 35.5. The highest BCUT2D eigenvalue weighted by Gasteiger charge is 2.27. The van der Waals surface area contributed by atoms with Crippen LogP contribution >= 0.6 is 12.4 Å².